The molecule has 0 bridgehead atoms. The van der Waals surface area contributed by atoms with E-state index in [-0.39, 0.29) is 23.5 Å². The smallest absolute Gasteiger partial charge is 0.191 e. The Balaban J connectivity index is 2.88. The molecule has 1 aromatic rings. The van der Waals surface area contributed by atoms with Gasteiger partial charge in [0.05, 0.1) is 0 Å². The van der Waals surface area contributed by atoms with Gasteiger partial charge in [0, 0.05) is 12.0 Å². The molecule has 1 aromatic carbocycles. The monoisotopic (exact) mass is 224 g/mol. The van der Waals surface area contributed by atoms with E-state index in [1.54, 1.807) is 0 Å². The lowest BCUT2D eigenvalue weighted by Gasteiger charge is -2.08. The molecule has 0 saturated heterocycles. The van der Waals surface area contributed by atoms with E-state index in [9.17, 15) is 14.7 Å². The highest BCUT2D eigenvalue weighted by Gasteiger charge is 2.19. The minimum absolute atomic E-state index is 0.0454. The quantitative estimate of drug-likeness (QED) is 0.514. The van der Waals surface area contributed by atoms with E-state index in [2.05, 4.69) is 0 Å². The van der Waals surface area contributed by atoms with Crippen molar-refractivity contribution in [2.24, 2.45) is 0 Å². The van der Waals surface area contributed by atoms with Gasteiger partial charge >= 0.3 is 0 Å². The second-order valence-corrected chi connectivity index (χ2v) is 3.49. The topological polar surface area (TPSA) is 94.8 Å². The van der Waals surface area contributed by atoms with Gasteiger partial charge in [-0.1, -0.05) is 0 Å². The summed E-state index contributed by atoms with van der Waals surface area (Å²) >= 11 is 0. The summed E-state index contributed by atoms with van der Waals surface area (Å²) in [7, 11) is 0. The van der Waals surface area contributed by atoms with Gasteiger partial charge in [-0.2, -0.15) is 0 Å². The third-order valence-corrected chi connectivity index (χ3v) is 2.04. The Hall–Kier alpha value is -1.88. The average Bonchev–Trinajstić information content (AvgIpc) is 2.20. The Kier molecular flexibility index (Phi) is 3.63. The summed E-state index contributed by atoms with van der Waals surface area (Å²) in [5.41, 5.74) is 0.0454. The summed E-state index contributed by atoms with van der Waals surface area (Å²) in [6, 6.07) is 3.45. The molecule has 0 saturated carbocycles. The van der Waals surface area contributed by atoms with Crippen molar-refractivity contribution in [3.8, 4) is 11.5 Å². The largest absolute Gasteiger partial charge is 0.504 e. The molecule has 0 aromatic heterocycles. The van der Waals surface area contributed by atoms with Crippen LogP contribution in [0.3, 0.4) is 0 Å². The van der Waals surface area contributed by atoms with Crippen molar-refractivity contribution in [2.45, 2.75) is 19.4 Å². The maximum absolute atomic E-state index is 11.5. The third kappa shape index (κ3) is 2.80. The van der Waals surface area contributed by atoms with E-state index >= 15 is 0 Å². The SMILES string of the molecule is CC(=O)CC(O)C(=O)c1ccc(O)c(O)c1. The molecule has 0 spiro atoms. The third-order valence-electron chi connectivity index (χ3n) is 2.04. The number of benzene rings is 1. The molecule has 86 valence electrons. The van der Waals surface area contributed by atoms with Crippen LogP contribution in [0.15, 0.2) is 18.2 Å². The molecular formula is C11H12O5. The van der Waals surface area contributed by atoms with Crippen molar-refractivity contribution in [2.75, 3.05) is 0 Å². The number of aromatic hydroxyl groups is 2. The van der Waals surface area contributed by atoms with E-state index in [0.717, 1.165) is 12.1 Å². The minimum Gasteiger partial charge on any atom is -0.504 e. The molecule has 16 heavy (non-hydrogen) atoms. The van der Waals surface area contributed by atoms with Gasteiger partial charge in [0.1, 0.15) is 11.9 Å². The molecule has 1 unspecified atom stereocenters. The van der Waals surface area contributed by atoms with Gasteiger partial charge in [-0.15, -0.1) is 0 Å². The zero-order chi connectivity index (χ0) is 12.3. The fourth-order valence-corrected chi connectivity index (χ4v) is 1.23. The Bertz CT molecular complexity index is 424. The van der Waals surface area contributed by atoms with Crippen LogP contribution in [0, 0.1) is 0 Å². The number of hydrogen-bond acceptors (Lipinski definition) is 5. The number of ketones is 2. The summed E-state index contributed by atoms with van der Waals surface area (Å²) in [5, 5.41) is 27.6. The first kappa shape index (κ1) is 12.2. The zero-order valence-corrected chi connectivity index (χ0v) is 8.67. The van der Waals surface area contributed by atoms with E-state index < -0.39 is 17.6 Å². The summed E-state index contributed by atoms with van der Waals surface area (Å²) in [4.78, 5) is 22.3. The average molecular weight is 224 g/mol. The zero-order valence-electron chi connectivity index (χ0n) is 8.67. The molecule has 0 radical (unpaired) electrons. The van der Waals surface area contributed by atoms with Crippen LogP contribution in [0.25, 0.3) is 0 Å². The number of phenols is 2. The fourth-order valence-electron chi connectivity index (χ4n) is 1.23. The predicted molar refractivity (Wildman–Crippen MR) is 55.4 cm³/mol. The van der Waals surface area contributed by atoms with E-state index in [1.807, 2.05) is 0 Å². The summed E-state index contributed by atoms with van der Waals surface area (Å²) in [6.45, 7) is 1.27. The van der Waals surface area contributed by atoms with Crippen LogP contribution in [0.2, 0.25) is 0 Å². The summed E-state index contributed by atoms with van der Waals surface area (Å²) in [5.74, 6) is -1.76. The first-order valence-corrected chi connectivity index (χ1v) is 4.65. The highest BCUT2D eigenvalue weighted by atomic mass is 16.3. The van der Waals surface area contributed by atoms with Crippen LogP contribution in [-0.2, 0) is 4.79 Å². The second kappa shape index (κ2) is 4.76. The molecule has 1 rings (SSSR count). The number of aliphatic hydroxyl groups excluding tert-OH is 1. The van der Waals surface area contributed by atoms with Gasteiger partial charge in [0.15, 0.2) is 17.3 Å². The molecule has 5 nitrogen and oxygen atoms in total. The number of Topliss-reactive ketones (excluding diaryl/α,β-unsaturated/α-hetero) is 2. The van der Waals surface area contributed by atoms with E-state index in [4.69, 9.17) is 10.2 Å². The van der Waals surface area contributed by atoms with Gasteiger partial charge in [0.2, 0.25) is 0 Å². The highest BCUT2D eigenvalue weighted by Crippen LogP contribution is 2.25. The van der Waals surface area contributed by atoms with Gasteiger partial charge in [-0.05, 0) is 25.1 Å². The van der Waals surface area contributed by atoms with E-state index in [1.165, 1.54) is 13.0 Å². The Morgan fingerprint density at radius 3 is 2.38 bits per heavy atom. The summed E-state index contributed by atoms with van der Waals surface area (Å²) in [6.07, 6.45) is -1.68. The number of aliphatic hydroxyl groups is 1. The molecule has 0 aliphatic heterocycles. The minimum atomic E-state index is -1.42. The van der Waals surface area contributed by atoms with Crippen molar-refractivity contribution in [3.05, 3.63) is 23.8 Å². The van der Waals surface area contributed by atoms with Crippen LogP contribution in [-0.4, -0.2) is 33.0 Å². The number of carbonyl (C=O) groups excluding carboxylic acids is 2. The summed E-state index contributed by atoms with van der Waals surface area (Å²) < 4.78 is 0. The number of rotatable bonds is 4. The van der Waals surface area contributed by atoms with Gasteiger partial charge in [-0.3, -0.25) is 9.59 Å². The maximum Gasteiger partial charge on any atom is 0.191 e. The molecule has 0 heterocycles. The van der Waals surface area contributed by atoms with Crippen molar-refractivity contribution < 1.29 is 24.9 Å². The van der Waals surface area contributed by atoms with Crippen molar-refractivity contribution in [1.29, 1.82) is 0 Å². The van der Waals surface area contributed by atoms with Crippen molar-refractivity contribution in [1.82, 2.24) is 0 Å². The number of carbonyl (C=O) groups is 2. The first-order valence-electron chi connectivity index (χ1n) is 4.65. The van der Waals surface area contributed by atoms with Gasteiger partial charge < -0.3 is 15.3 Å². The first-order chi connectivity index (χ1) is 7.41. The number of phenolic OH excluding ortho intramolecular Hbond substituents is 2. The molecule has 1 atom stereocenters. The lowest BCUT2D eigenvalue weighted by Crippen LogP contribution is -2.22. The van der Waals surface area contributed by atoms with Gasteiger partial charge in [-0.25, -0.2) is 0 Å². The molecule has 3 N–H and O–H groups in total. The predicted octanol–water partition coefficient (Wildman–Crippen LogP) is 0.620. The molecule has 5 heteroatoms. The van der Waals surface area contributed by atoms with Crippen LogP contribution in [0.1, 0.15) is 23.7 Å². The van der Waals surface area contributed by atoms with E-state index in [0.29, 0.717) is 0 Å². The lowest BCUT2D eigenvalue weighted by atomic mass is 10.0. The van der Waals surface area contributed by atoms with Crippen molar-refractivity contribution >= 4 is 11.6 Å². The Morgan fingerprint density at radius 1 is 1.25 bits per heavy atom. The lowest BCUT2D eigenvalue weighted by molar-refractivity contribution is -0.118. The van der Waals surface area contributed by atoms with Crippen LogP contribution >= 0.6 is 0 Å². The van der Waals surface area contributed by atoms with Crippen LogP contribution in [0.4, 0.5) is 0 Å². The van der Waals surface area contributed by atoms with Gasteiger partial charge in [0.25, 0.3) is 0 Å². The highest BCUT2D eigenvalue weighted by molar-refractivity contribution is 6.01. The Labute approximate surface area is 92.0 Å². The molecular weight excluding hydrogens is 212 g/mol. The Morgan fingerprint density at radius 2 is 1.88 bits per heavy atom. The van der Waals surface area contributed by atoms with Crippen LogP contribution < -0.4 is 0 Å². The molecule has 0 amide bonds. The fraction of sp³-hybridized carbons (Fsp3) is 0.273. The molecule has 0 aliphatic rings. The van der Waals surface area contributed by atoms with Crippen LogP contribution in [0.5, 0.6) is 11.5 Å². The molecule has 0 fully saturated rings. The second-order valence-electron chi connectivity index (χ2n) is 3.49. The standard InChI is InChI=1S/C11H12O5/c1-6(12)4-10(15)11(16)7-2-3-8(13)9(14)5-7/h2-3,5,10,13-15H,4H2,1H3. The molecule has 0 aliphatic carbocycles. The normalized spacial score (nSPS) is 12.1. The maximum atomic E-state index is 11.5. The number of hydrogen-bond donors (Lipinski definition) is 3. The van der Waals surface area contributed by atoms with Crippen molar-refractivity contribution in [3.63, 3.8) is 0 Å².